The minimum absolute atomic E-state index is 0.109. The lowest BCUT2D eigenvalue weighted by molar-refractivity contribution is -0.147. The lowest BCUT2D eigenvalue weighted by Gasteiger charge is -2.24. The number of hydrogen-bond acceptors (Lipinski definition) is 9. The van der Waals surface area contributed by atoms with Crippen LogP contribution in [0, 0.1) is 0 Å². The minimum Gasteiger partial charge on any atom is -0.481 e. The number of carbonyl (C=O) groups is 5. The number of unbranched alkanes of at least 4 members (excludes halogenated alkanes) is 1. The molecule has 0 bridgehead atoms. The fourth-order valence-electron chi connectivity index (χ4n) is 2.88. The highest BCUT2D eigenvalue weighted by Gasteiger charge is 2.30. The molecule has 190 valence electrons. The number of amides is 3. The second kappa shape index (κ2) is 14.9. The molecule has 0 aliphatic carbocycles. The Labute approximate surface area is 201 Å². The number of carbonyl (C=O) groups excluding carboxylic acids is 3. The molecule has 34 heavy (non-hydrogen) atoms. The van der Waals surface area contributed by atoms with Gasteiger partial charge < -0.3 is 42.6 Å². The van der Waals surface area contributed by atoms with Crippen molar-refractivity contribution in [3.63, 3.8) is 0 Å². The van der Waals surface area contributed by atoms with E-state index in [0.717, 1.165) is 0 Å². The van der Waals surface area contributed by atoms with E-state index in [-0.39, 0.29) is 18.6 Å². The summed E-state index contributed by atoms with van der Waals surface area (Å²) in [5, 5.41) is 25.1. The van der Waals surface area contributed by atoms with Gasteiger partial charge in [-0.15, -0.1) is 0 Å². The van der Waals surface area contributed by atoms with Gasteiger partial charge in [0, 0.05) is 24.1 Å². The predicted octanol–water partition coefficient (Wildman–Crippen LogP) is -2.65. The number of carboxylic acid groups (broad SMARTS) is 2. The molecule has 0 fully saturated rings. The number of carboxylic acids is 2. The summed E-state index contributed by atoms with van der Waals surface area (Å²) in [7, 11) is 0. The Morgan fingerprint density at radius 3 is 2.15 bits per heavy atom. The normalized spacial score (nSPS) is 14.3. The zero-order valence-corrected chi connectivity index (χ0v) is 19.3. The van der Waals surface area contributed by atoms with Crippen molar-refractivity contribution in [2.75, 3.05) is 12.3 Å². The van der Waals surface area contributed by atoms with Gasteiger partial charge in [-0.2, -0.15) is 12.6 Å². The summed E-state index contributed by atoms with van der Waals surface area (Å²) in [5.41, 5.74) is 12.0. The third kappa shape index (κ3) is 10.2. The first-order valence-electron chi connectivity index (χ1n) is 10.5. The number of aromatic amines is 1. The van der Waals surface area contributed by atoms with Crippen LogP contribution in [0.4, 0.5) is 0 Å². The monoisotopic (exact) mass is 501 g/mol. The summed E-state index contributed by atoms with van der Waals surface area (Å²) in [5.74, 6) is -5.30. The van der Waals surface area contributed by atoms with Crippen LogP contribution in [0.15, 0.2) is 12.5 Å². The number of nitrogens with zero attached hydrogens (tertiary/aromatic N) is 1. The molecule has 0 aromatic carbocycles. The van der Waals surface area contributed by atoms with Gasteiger partial charge >= 0.3 is 11.9 Å². The number of nitrogens with one attached hydrogen (secondary N) is 4. The Kier molecular flexibility index (Phi) is 12.6. The molecule has 0 saturated carbocycles. The van der Waals surface area contributed by atoms with Crippen molar-refractivity contribution in [1.29, 1.82) is 0 Å². The van der Waals surface area contributed by atoms with Gasteiger partial charge in [0.15, 0.2) is 0 Å². The van der Waals surface area contributed by atoms with E-state index in [9.17, 15) is 24.0 Å². The van der Waals surface area contributed by atoms with Gasteiger partial charge in [-0.05, 0) is 25.8 Å². The largest absolute Gasteiger partial charge is 0.481 e. The van der Waals surface area contributed by atoms with Crippen LogP contribution in [0.25, 0.3) is 0 Å². The minimum atomic E-state index is -1.68. The fourth-order valence-corrected chi connectivity index (χ4v) is 3.14. The molecule has 1 heterocycles. The molecule has 0 saturated heterocycles. The topological polar surface area (TPSA) is 243 Å². The zero-order valence-electron chi connectivity index (χ0n) is 18.4. The standard InChI is InChI=1S/C19H31N7O7S/c20-4-2-1-3-12(17(30)25-13(19(32)33)6-15(27)28)24-18(31)14(8-34)26-16(29)11(21)5-10-7-22-9-23-10/h7,9,11-14,34H,1-6,8,20-21H2,(H,22,23)(H,24,31)(H,25,30)(H,26,29)(H,27,28)(H,32,33). The van der Waals surface area contributed by atoms with E-state index >= 15 is 0 Å². The highest BCUT2D eigenvalue weighted by atomic mass is 32.1. The van der Waals surface area contributed by atoms with E-state index in [1.807, 2.05) is 0 Å². The number of imidazole rings is 1. The fraction of sp³-hybridized carbons (Fsp3) is 0.579. The second-order valence-corrected chi connectivity index (χ2v) is 7.84. The molecule has 0 aliphatic rings. The number of thiol groups is 1. The molecule has 4 unspecified atom stereocenters. The Balaban J connectivity index is 2.83. The highest BCUT2D eigenvalue weighted by molar-refractivity contribution is 7.80. The van der Waals surface area contributed by atoms with Gasteiger partial charge in [-0.1, -0.05) is 0 Å². The predicted molar refractivity (Wildman–Crippen MR) is 123 cm³/mol. The maximum absolute atomic E-state index is 12.7. The Morgan fingerprint density at radius 1 is 1.00 bits per heavy atom. The molecular formula is C19H31N7O7S. The van der Waals surface area contributed by atoms with Crippen LogP contribution in [0.1, 0.15) is 31.4 Å². The number of rotatable bonds is 16. The summed E-state index contributed by atoms with van der Waals surface area (Å²) < 4.78 is 0. The van der Waals surface area contributed by atoms with Gasteiger partial charge in [0.25, 0.3) is 0 Å². The third-order valence-corrected chi connectivity index (χ3v) is 5.09. The SMILES string of the molecule is NCCCCC(NC(=O)C(CS)NC(=O)C(N)Cc1cnc[nH]1)C(=O)NC(CC(=O)O)C(=O)O. The molecule has 4 atom stereocenters. The lowest BCUT2D eigenvalue weighted by Crippen LogP contribution is -2.58. The van der Waals surface area contributed by atoms with E-state index in [2.05, 4.69) is 38.5 Å². The number of hydrogen-bond donors (Lipinski definition) is 9. The van der Waals surface area contributed by atoms with Gasteiger partial charge in [0.2, 0.25) is 17.7 Å². The van der Waals surface area contributed by atoms with Crippen molar-refractivity contribution in [3.05, 3.63) is 18.2 Å². The Morgan fingerprint density at radius 2 is 1.62 bits per heavy atom. The molecule has 1 aromatic heterocycles. The maximum Gasteiger partial charge on any atom is 0.326 e. The summed E-state index contributed by atoms with van der Waals surface area (Å²) in [4.78, 5) is 66.6. The molecule has 1 rings (SSSR count). The number of H-pyrrole nitrogens is 1. The van der Waals surface area contributed by atoms with E-state index in [1.165, 1.54) is 12.5 Å². The third-order valence-electron chi connectivity index (χ3n) is 4.72. The van der Waals surface area contributed by atoms with Gasteiger partial charge in [-0.3, -0.25) is 19.2 Å². The summed E-state index contributed by atoms with van der Waals surface area (Å²) in [6.07, 6.45) is 3.33. The molecule has 0 aliphatic heterocycles. The summed E-state index contributed by atoms with van der Waals surface area (Å²) in [6.45, 7) is 0.336. The van der Waals surface area contributed by atoms with Crippen LogP contribution in [0.3, 0.4) is 0 Å². The maximum atomic E-state index is 12.7. The van der Waals surface area contributed by atoms with Crippen molar-refractivity contribution >= 4 is 42.3 Å². The van der Waals surface area contributed by atoms with E-state index in [0.29, 0.717) is 25.1 Å². The smallest absolute Gasteiger partial charge is 0.326 e. The van der Waals surface area contributed by atoms with Crippen molar-refractivity contribution in [3.8, 4) is 0 Å². The van der Waals surface area contributed by atoms with Crippen molar-refractivity contribution in [2.45, 2.75) is 56.3 Å². The van der Waals surface area contributed by atoms with Crippen LogP contribution in [0.5, 0.6) is 0 Å². The van der Waals surface area contributed by atoms with E-state index < -0.39 is 60.2 Å². The lowest BCUT2D eigenvalue weighted by atomic mass is 10.1. The molecule has 1 aromatic rings. The van der Waals surface area contributed by atoms with Crippen LogP contribution in [0.2, 0.25) is 0 Å². The van der Waals surface area contributed by atoms with Crippen LogP contribution in [-0.4, -0.2) is 86.3 Å². The van der Waals surface area contributed by atoms with Crippen LogP contribution >= 0.6 is 12.6 Å². The first kappa shape index (κ1) is 28.9. The van der Waals surface area contributed by atoms with Gasteiger partial charge in [-0.25, -0.2) is 9.78 Å². The zero-order chi connectivity index (χ0) is 25.7. The first-order valence-corrected chi connectivity index (χ1v) is 11.1. The summed E-state index contributed by atoms with van der Waals surface area (Å²) in [6, 6.07) is -4.98. The first-order chi connectivity index (χ1) is 16.1. The van der Waals surface area contributed by atoms with Crippen molar-refractivity contribution in [2.24, 2.45) is 11.5 Å². The van der Waals surface area contributed by atoms with E-state index in [1.54, 1.807) is 0 Å². The molecular weight excluding hydrogens is 470 g/mol. The molecule has 0 spiro atoms. The van der Waals surface area contributed by atoms with Gasteiger partial charge in [0.1, 0.15) is 18.1 Å². The summed E-state index contributed by atoms with van der Waals surface area (Å²) >= 11 is 4.07. The molecule has 15 heteroatoms. The van der Waals surface area contributed by atoms with Crippen molar-refractivity contribution in [1.82, 2.24) is 25.9 Å². The number of nitrogens with two attached hydrogens (primary N) is 2. The molecule has 10 N–H and O–H groups in total. The average molecular weight is 502 g/mol. The Hall–Kier alpha value is -3.17. The van der Waals surface area contributed by atoms with E-state index in [4.69, 9.17) is 21.7 Å². The quantitative estimate of drug-likeness (QED) is 0.0841. The van der Waals surface area contributed by atoms with Crippen LogP contribution in [-0.2, 0) is 30.4 Å². The second-order valence-electron chi connectivity index (χ2n) is 7.47. The Bertz CT molecular complexity index is 837. The van der Waals surface area contributed by atoms with Gasteiger partial charge in [0.05, 0.1) is 18.8 Å². The molecule has 3 amide bonds. The van der Waals surface area contributed by atoms with Crippen molar-refractivity contribution < 1.29 is 34.2 Å². The highest BCUT2D eigenvalue weighted by Crippen LogP contribution is 2.05. The average Bonchev–Trinajstić information content (AvgIpc) is 3.28. The number of aliphatic carboxylic acids is 2. The molecule has 14 nitrogen and oxygen atoms in total. The number of aromatic nitrogens is 2. The van der Waals surface area contributed by atoms with Crippen LogP contribution < -0.4 is 27.4 Å². The molecule has 0 radical (unpaired) electrons.